The van der Waals surface area contributed by atoms with Crippen molar-refractivity contribution >= 4 is 15.7 Å². The molecule has 0 aliphatic carbocycles. The molecule has 1 atom stereocenters. The number of fused-ring (bicyclic) bond motifs is 1. The van der Waals surface area contributed by atoms with Gasteiger partial charge in [-0.3, -0.25) is 0 Å². The van der Waals surface area contributed by atoms with Gasteiger partial charge in [0.25, 0.3) is 0 Å². The van der Waals surface area contributed by atoms with E-state index in [-0.39, 0.29) is 6.04 Å². The molecule has 0 amide bonds. The number of rotatable bonds is 8. The maximum absolute atomic E-state index is 12.4. The van der Waals surface area contributed by atoms with Gasteiger partial charge in [0.1, 0.15) is 0 Å². The number of unbranched alkanes of at least 4 members (excludes halogenated alkanes) is 3. The van der Waals surface area contributed by atoms with Crippen LogP contribution in [0.5, 0.6) is 0 Å². The van der Waals surface area contributed by atoms with Crippen molar-refractivity contribution in [1.29, 1.82) is 0 Å². The fourth-order valence-corrected chi connectivity index (χ4v) is 4.05. The minimum absolute atomic E-state index is 0.0155. The summed E-state index contributed by atoms with van der Waals surface area (Å²) in [5.41, 5.74) is 2.15. The van der Waals surface area contributed by atoms with E-state index in [9.17, 15) is 8.42 Å². The van der Waals surface area contributed by atoms with Gasteiger partial charge in [0.2, 0.25) is 10.0 Å². The maximum Gasteiger partial charge on any atom is 0.240 e. The average molecular weight is 310 g/mol. The topological polar surface area (TPSA) is 58.2 Å². The number of sulfonamides is 1. The van der Waals surface area contributed by atoms with Crippen molar-refractivity contribution in [2.45, 2.75) is 63.3 Å². The van der Waals surface area contributed by atoms with Crippen molar-refractivity contribution in [2.75, 3.05) is 11.9 Å². The van der Waals surface area contributed by atoms with E-state index in [1.807, 2.05) is 13.0 Å². The van der Waals surface area contributed by atoms with Crippen LogP contribution in [-0.4, -0.2) is 21.0 Å². The lowest BCUT2D eigenvalue weighted by Gasteiger charge is -2.14. The standard InChI is InChI=1S/C16H26N2O2S/c1-3-4-5-6-7-13(2)18-21(19,20)15-8-9-16-14(12-15)10-11-17-16/h8-9,12-13,17-18H,3-7,10-11H2,1-2H3. The summed E-state index contributed by atoms with van der Waals surface area (Å²) in [6.07, 6.45) is 6.45. The molecule has 21 heavy (non-hydrogen) atoms. The van der Waals surface area contributed by atoms with Gasteiger partial charge in [-0.15, -0.1) is 0 Å². The summed E-state index contributed by atoms with van der Waals surface area (Å²) in [5, 5.41) is 3.24. The Morgan fingerprint density at radius 1 is 1.29 bits per heavy atom. The number of anilines is 1. The first kappa shape index (κ1) is 16.3. The van der Waals surface area contributed by atoms with Gasteiger partial charge in [-0.05, 0) is 43.5 Å². The van der Waals surface area contributed by atoms with Crippen LogP contribution < -0.4 is 10.0 Å². The van der Waals surface area contributed by atoms with Crippen LogP contribution in [0.4, 0.5) is 5.69 Å². The summed E-state index contributed by atoms with van der Waals surface area (Å²) in [7, 11) is -3.40. The van der Waals surface area contributed by atoms with E-state index < -0.39 is 10.0 Å². The molecule has 5 heteroatoms. The Morgan fingerprint density at radius 2 is 2.10 bits per heavy atom. The quantitative estimate of drug-likeness (QED) is 0.724. The van der Waals surface area contributed by atoms with Crippen molar-refractivity contribution in [3.8, 4) is 0 Å². The normalized spacial score (nSPS) is 15.5. The number of benzene rings is 1. The molecule has 0 saturated carbocycles. The summed E-state index contributed by atoms with van der Waals surface area (Å²) >= 11 is 0. The molecule has 2 rings (SSSR count). The van der Waals surface area contributed by atoms with Gasteiger partial charge in [0.05, 0.1) is 4.90 Å². The van der Waals surface area contributed by atoms with E-state index in [0.29, 0.717) is 4.90 Å². The van der Waals surface area contributed by atoms with E-state index in [1.165, 1.54) is 19.3 Å². The Bertz CT molecular complexity index is 570. The van der Waals surface area contributed by atoms with Crippen LogP contribution in [0.1, 0.15) is 51.5 Å². The minimum atomic E-state index is -3.40. The molecule has 0 spiro atoms. The molecule has 1 heterocycles. The van der Waals surface area contributed by atoms with Crippen molar-refractivity contribution in [2.24, 2.45) is 0 Å². The highest BCUT2D eigenvalue weighted by Crippen LogP contribution is 2.25. The molecule has 0 saturated heterocycles. The third-order valence-electron chi connectivity index (χ3n) is 3.94. The zero-order valence-electron chi connectivity index (χ0n) is 13.0. The van der Waals surface area contributed by atoms with Crippen LogP contribution in [0.15, 0.2) is 23.1 Å². The van der Waals surface area contributed by atoms with Crippen LogP contribution in [-0.2, 0) is 16.4 Å². The molecule has 1 aliphatic rings. The Labute approximate surface area is 128 Å². The molecule has 2 N–H and O–H groups in total. The zero-order chi connectivity index (χ0) is 15.3. The first-order valence-electron chi connectivity index (χ1n) is 7.92. The first-order chi connectivity index (χ1) is 10.0. The van der Waals surface area contributed by atoms with Crippen molar-refractivity contribution < 1.29 is 8.42 Å². The SMILES string of the molecule is CCCCCCC(C)NS(=O)(=O)c1ccc2c(c1)CCN2. The molecule has 1 aromatic carbocycles. The number of hydrogen-bond acceptors (Lipinski definition) is 3. The van der Waals surface area contributed by atoms with Gasteiger partial charge in [-0.1, -0.05) is 32.6 Å². The molecule has 0 fully saturated rings. The molecule has 1 unspecified atom stereocenters. The van der Waals surface area contributed by atoms with Gasteiger partial charge < -0.3 is 5.32 Å². The van der Waals surface area contributed by atoms with Crippen molar-refractivity contribution in [1.82, 2.24) is 4.72 Å². The van der Waals surface area contributed by atoms with Crippen LogP contribution in [0, 0.1) is 0 Å². The van der Waals surface area contributed by atoms with Crippen LogP contribution in [0.25, 0.3) is 0 Å². The average Bonchev–Trinajstić information content (AvgIpc) is 2.90. The molecule has 0 radical (unpaired) electrons. The van der Waals surface area contributed by atoms with Gasteiger partial charge in [0, 0.05) is 18.3 Å². The number of nitrogens with one attached hydrogen (secondary N) is 2. The molecule has 1 aliphatic heterocycles. The predicted octanol–water partition coefficient (Wildman–Crippen LogP) is 3.29. The Hall–Kier alpha value is -1.07. The van der Waals surface area contributed by atoms with Crippen LogP contribution in [0.3, 0.4) is 0 Å². The second kappa shape index (κ2) is 7.27. The summed E-state index contributed by atoms with van der Waals surface area (Å²) < 4.78 is 27.6. The summed E-state index contributed by atoms with van der Waals surface area (Å²) in [5.74, 6) is 0. The molecule has 0 bridgehead atoms. The fourth-order valence-electron chi connectivity index (χ4n) is 2.72. The molecular weight excluding hydrogens is 284 g/mol. The van der Waals surface area contributed by atoms with E-state index in [0.717, 1.165) is 37.1 Å². The summed E-state index contributed by atoms with van der Waals surface area (Å²) in [6, 6.07) is 5.33. The molecule has 1 aromatic rings. The summed E-state index contributed by atoms with van der Waals surface area (Å²) in [4.78, 5) is 0.380. The third kappa shape index (κ3) is 4.45. The smallest absolute Gasteiger partial charge is 0.240 e. The highest BCUT2D eigenvalue weighted by Gasteiger charge is 2.20. The third-order valence-corrected chi connectivity index (χ3v) is 5.53. The highest BCUT2D eigenvalue weighted by atomic mass is 32.2. The zero-order valence-corrected chi connectivity index (χ0v) is 13.8. The monoisotopic (exact) mass is 310 g/mol. The van der Waals surface area contributed by atoms with Gasteiger partial charge in [-0.2, -0.15) is 0 Å². The molecular formula is C16H26N2O2S. The van der Waals surface area contributed by atoms with Crippen molar-refractivity contribution in [3.63, 3.8) is 0 Å². The van der Waals surface area contributed by atoms with Gasteiger partial charge >= 0.3 is 0 Å². The Morgan fingerprint density at radius 3 is 2.86 bits per heavy atom. The van der Waals surface area contributed by atoms with E-state index in [4.69, 9.17) is 0 Å². The fraction of sp³-hybridized carbons (Fsp3) is 0.625. The number of hydrogen-bond donors (Lipinski definition) is 2. The lowest BCUT2D eigenvalue weighted by Crippen LogP contribution is -2.32. The summed E-state index contributed by atoms with van der Waals surface area (Å²) in [6.45, 7) is 5.01. The van der Waals surface area contributed by atoms with Crippen LogP contribution in [0.2, 0.25) is 0 Å². The second-order valence-electron chi connectivity index (χ2n) is 5.87. The van der Waals surface area contributed by atoms with E-state index in [1.54, 1.807) is 12.1 Å². The largest absolute Gasteiger partial charge is 0.384 e. The molecule has 118 valence electrons. The van der Waals surface area contributed by atoms with E-state index in [2.05, 4.69) is 17.0 Å². The maximum atomic E-state index is 12.4. The predicted molar refractivity (Wildman–Crippen MR) is 87.2 cm³/mol. The van der Waals surface area contributed by atoms with E-state index >= 15 is 0 Å². The molecule has 0 aromatic heterocycles. The van der Waals surface area contributed by atoms with Gasteiger partial charge in [-0.25, -0.2) is 13.1 Å². The van der Waals surface area contributed by atoms with Crippen molar-refractivity contribution in [3.05, 3.63) is 23.8 Å². The Kier molecular flexibility index (Phi) is 5.65. The lowest BCUT2D eigenvalue weighted by molar-refractivity contribution is 0.522. The van der Waals surface area contributed by atoms with Gasteiger partial charge in [0.15, 0.2) is 0 Å². The minimum Gasteiger partial charge on any atom is -0.384 e. The molecule has 4 nitrogen and oxygen atoms in total. The highest BCUT2D eigenvalue weighted by molar-refractivity contribution is 7.89. The van der Waals surface area contributed by atoms with Crippen LogP contribution >= 0.6 is 0 Å². The Balaban J connectivity index is 1.95. The lowest BCUT2D eigenvalue weighted by atomic mass is 10.1. The first-order valence-corrected chi connectivity index (χ1v) is 9.40. The second-order valence-corrected chi connectivity index (χ2v) is 7.58.